The van der Waals surface area contributed by atoms with E-state index in [0.717, 1.165) is 25.2 Å². The second-order valence-corrected chi connectivity index (χ2v) is 8.64. The van der Waals surface area contributed by atoms with Crippen LogP contribution < -0.4 is 14.2 Å². The number of ether oxygens (including phenoxy) is 4. The standard InChI is InChI=1S/C26H28N2O7/c1-32-19-6-3-17(4-7-19)23-22(24(29)18-5-8-20-21(15-18)35-16-34-20)25(30)26(31)28(23)10-2-9-27-11-13-33-14-12-27/h3-8,15,23,29H,2,9-14,16H2,1H3. The quantitative estimate of drug-likeness (QED) is 0.367. The summed E-state index contributed by atoms with van der Waals surface area (Å²) in [5, 5.41) is 11.3. The highest BCUT2D eigenvalue weighted by molar-refractivity contribution is 6.46. The Labute approximate surface area is 203 Å². The summed E-state index contributed by atoms with van der Waals surface area (Å²) in [6.45, 7) is 4.38. The Hall–Kier alpha value is -3.56. The zero-order valence-electron chi connectivity index (χ0n) is 19.6. The molecule has 35 heavy (non-hydrogen) atoms. The molecule has 0 saturated carbocycles. The van der Waals surface area contributed by atoms with Gasteiger partial charge in [0.15, 0.2) is 11.5 Å². The lowest BCUT2D eigenvalue weighted by atomic mass is 9.95. The third-order valence-electron chi connectivity index (χ3n) is 6.59. The van der Waals surface area contributed by atoms with Crippen LogP contribution in [0.3, 0.4) is 0 Å². The molecule has 0 spiro atoms. The van der Waals surface area contributed by atoms with E-state index in [-0.39, 0.29) is 18.1 Å². The number of likely N-dealkylation sites (tertiary alicyclic amines) is 1. The molecule has 3 aliphatic rings. The van der Waals surface area contributed by atoms with Crippen LogP contribution in [0.5, 0.6) is 17.2 Å². The van der Waals surface area contributed by atoms with Crippen molar-refractivity contribution in [3.05, 3.63) is 59.2 Å². The molecule has 0 aliphatic carbocycles. The minimum absolute atomic E-state index is 0.0606. The fourth-order valence-corrected chi connectivity index (χ4v) is 4.73. The van der Waals surface area contributed by atoms with E-state index in [2.05, 4.69) is 4.90 Å². The average molecular weight is 481 g/mol. The summed E-state index contributed by atoms with van der Waals surface area (Å²) < 4.78 is 21.4. The van der Waals surface area contributed by atoms with Gasteiger partial charge in [0, 0.05) is 31.7 Å². The summed E-state index contributed by atoms with van der Waals surface area (Å²) >= 11 is 0. The molecule has 2 aromatic carbocycles. The monoisotopic (exact) mass is 480 g/mol. The molecule has 3 aliphatic heterocycles. The normalized spacial score (nSPS) is 21.5. The van der Waals surface area contributed by atoms with E-state index in [1.165, 1.54) is 0 Å². The highest BCUT2D eigenvalue weighted by Crippen LogP contribution is 2.41. The van der Waals surface area contributed by atoms with Gasteiger partial charge in [-0.05, 0) is 42.3 Å². The Kier molecular flexibility index (Phi) is 6.61. The van der Waals surface area contributed by atoms with Crippen molar-refractivity contribution < 1.29 is 33.6 Å². The number of hydrogen-bond donors (Lipinski definition) is 1. The fraction of sp³-hybridized carbons (Fsp3) is 0.385. The van der Waals surface area contributed by atoms with Crippen molar-refractivity contribution in [1.82, 2.24) is 9.80 Å². The van der Waals surface area contributed by atoms with Crippen molar-refractivity contribution in [2.24, 2.45) is 0 Å². The SMILES string of the molecule is COc1ccc(C2C(=C(O)c3ccc4c(c3)OCO4)C(=O)C(=O)N2CCCN2CCOCC2)cc1. The van der Waals surface area contributed by atoms with E-state index in [1.807, 2.05) is 12.1 Å². The van der Waals surface area contributed by atoms with Crippen molar-refractivity contribution in [3.63, 3.8) is 0 Å². The lowest BCUT2D eigenvalue weighted by Crippen LogP contribution is -2.38. The lowest BCUT2D eigenvalue weighted by Gasteiger charge is -2.29. The van der Waals surface area contributed by atoms with E-state index < -0.39 is 17.7 Å². The Bertz CT molecular complexity index is 1140. The molecule has 2 saturated heterocycles. The molecular weight excluding hydrogens is 452 g/mol. The van der Waals surface area contributed by atoms with Crippen LogP contribution in [-0.2, 0) is 14.3 Å². The molecule has 1 N–H and O–H groups in total. The number of benzene rings is 2. The van der Waals surface area contributed by atoms with Gasteiger partial charge in [-0.2, -0.15) is 0 Å². The van der Waals surface area contributed by atoms with E-state index in [1.54, 1.807) is 42.3 Å². The molecule has 0 bridgehead atoms. The summed E-state index contributed by atoms with van der Waals surface area (Å²) in [5.74, 6) is 0.154. The number of carbonyl (C=O) groups is 2. The number of rotatable bonds is 7. The molecule has 2 fully saturated rings. The first-order valence-corrected chi connectivity index (χ1v) is 11.7. The summed E-state index contributed by atoms with van der Waals surface area (Å²) in [5.41, 5.74) is 1.17. The van der Waals surface area contributed by atoms with Crippen LogP contribution in [0, 0.1) is 0 Å². The minimum atomic E-state index is -0.712. The van der Waals surface area contributed by atoms with E-state index in [9.17, 15) is 14.7 Å². The maximum Gasteiger partial charge on any atom is 0.295 e. The molecule has 9 heteroatoms. The molecule has 0 radical (unpaired) electrons. The van der Waals surface area contributed by atoms with Crippen molar-refractivity contribution in [1.29, 1.82) is 0 Å². The number of morpholine rings is 1. The number of Topliss-reactive ketones (excluding diaryl/α,β-unsaturated/α-hetero) is 1. The molecule has 0 aromatic heterocycles. The van der Waals surface area contributed by atoms with Gasteiger partial charge in [0.2, 0.25) is 6.79 Å². The largest absolute Gasteiger partial charge is 0.507 e. The van der Waals surface area contributed by atoms with Gasteiger partial charge in [-0.1, -0.05) is 12.1 Å². The topological polar surface area (TPSA) is 97.8 Å². The van der Waals surface area contributed by atoms with Crippen molar-refractivity contribution in [2.75, 3.05) is 53.3 Å². The summed E-state index contributed by atoms with van der Waals surface area (Å²) in [6, 6.07) is 11.4. The first-order chi connectivity index (χ1) is 17.1. The molecule has 3 heterocycles. The third kappa shape index (κ3) is 4.56. The predicted molar refractivity (Wildman–Crippen MR) is 126 cm³/mol. The van der Waals surface area contributed by atoms with Gasteiger partial charge in [0.1, 0.15) is 11.5 Å². The predicted octanol–water partition coefficient (Wildman–Crippen LogP) is 2.57. The van der Waals surface area contributed by atoms with Crippen LogP contribution in [0.4, 0.5) is 0 Å². The minimum Gasteiger partial charge on any atom is -0.507 e. The van der Waals surface area contributed by atoms with Crippen LogP contribution >= 0.6 is 0 Å². The Morgan fingerprint density at radius 3 is 2.51 bits per heavy atom. The van der Waals surface area contributed by atoms with Gasteiger partial charge in [0.25, 0.3) is 11.7 Å². The number of carbonyl (C=O) groups excluding carboxylic acids is 2. The number of nitrogens with zero attached hydrogens (tertiary/aromatic N) is 2. The van der Waals surface area contributed by atoms with Crippen LogP contribution in [-0.4, -0.2) is 79.9 Å². The van der Waals surface area contributed by atoms with Gasteiger partial charge in [0.05, 0.1) is 31.9 Å². The van der Waals surface area contributed by atoms with Gasteiger partial charge in [-0.25, -0.2) is 0 Å². The lowest BCUT2D eigenvalue weighted by molar-refractivity contribution is -0.140. The van der Waals surface area contributed by atoms with E-state index >= 15 is 0 Å². The number of fused-ring (bicyclic) bond motifs is 1. The van der Waals surface area contributed by atoms with Gasteiger partial charge < -0.3 is 29.0 Å². The zero-order valence-corrected chi connectivity index (χ0v) is 19.6. The van der Waals surface area contributed by atoms with Gasteiger partial charge >= 0.3 is 0 Å². The summed E-state index contributed by atoms with van der Waals surface area (Å²) in [6.07, 6.45) is 0.698. The number of aliphatic hydroxyl groups excluding tert-OH is 1. The average Bonchev–Trinajstić information content (AvgIpc) is 3.47. The van der Waals surface area contributed by atoms with Crippen LogP contribution in [0.2, 0.25) is 0 Å². The maximum atomic E-state index is 13.2. The Morgan fingerprint density at radius 1 is 1.03 bits per heavy atom. The molecular formula is C26H28N2O7. The van der Waals surface area contributed by atoms with E-state index in [4.69, 9.17) is 18.9 Å². The van der Waals surface area contributed by atoms with Crippen molar-refractivity contribution in [3.8, 4) is 17.2 Å². The number of aliphatic hydroxyl groups is 1. The van der Waals surface area contributed by atoms with Gasteiger partial charge in [-0.15, -0.1) is 0 Å². The summed E-state index contributed by atoms with van der Waals surface area (Å²) in [7, 11) is 1.58. The maximum absolute atomic E-state index is 13.2. The van der Waals surface area contributed by atoms with Crippen molar-refractivity contribution in [2.45, 2.75) is 12.5 Å². The zero-order chi connectivity index (χ0) is 24.4. The van der Waals surface area contributed by atoms with Crippen LogP contribution in [0.1, 0.15) is 23.6 Å². The summed E-state index contributed by atoms with van der Waals surface area (Å²) in [4.78, 5) is 30.2. The number of amides is 1. The Morgan fingerprint density at radius 2 is 1.77 bits per heavy atom. The van der Waals surface area contributed by atoms with Crippen molar-refractivity contribution >= 4 is 17.4 Å². The highest BCUT2D eigenvalue weighted by Gasteiger charge is 2.46. The smallest absolute Gasteiger partial charge is 0.295 e. The number of methoxy groups -OCH3 is 1. The highest BCUT2D eigenvalue weighted by atomic mass is 16.7. The van der Waals surface area contributed by atoms with Gasteiger partial charge in [-0.3, -0.25) is 14.5 Å². The fourth-order valence-electron chi connectivity index (χ4n) is 4.73. The first-order valence-electron chi connectivity index (χ1n) is 11.7. The molecule has 9 nitrogen and oxygen atoms in total. The first kappa shape index (κ1) is 23.2. The second-order valence-electron chi connectivity index (χ2n) is 8.64. The molecule has 1 unspecified atom stereocenters. The number of hydrogen-bond acceptors (Lipinski definition) is 8. The molecule has 1 amide bonds. The van der Waals surface area contributed by atoms with E-state index in [0.29, 0.717) is 49.0 Å². The molecule has 5 rings (SSSR count). The van der Waals surface area contributed by atoms with Crippen LogP contribution in [0.15, 0.2) is 48.0 Å². The van der Waals surface area contributed by atoms with Crippen LogP contribution in [0.25, 0.3) is 5.76 Å². The number of ketones is 1. The molecule has 2 aromatic rings. The third-order valence-corrected chi connectivity index (χ3v) is 6.59. The molecule has 184 valence electrons. The Balaban J connectivity index is 1.48. The molecule has 1 atom stereocenters. The second kappa shape index (κ2) is 9.97.